The van der Waals surface area contributed by atoms with E-state index < -0.39 is 73.0 Å². The van der Waals surface area contributed by atoms with Gasteiger partial charge in [0.2, 0.25) is 16.0 Å². The zero-order valence-electron chi connectivity index (χ0n) is 16.9. The average Bonchev–Trinajstić information content (AvgIpc) is 3.41. The second-order valence-electron chi connectivity index (χ2n) is 7.15. The van der Waals surface area contributed by atoms with Crippen molar-refractivity contribution in [3.8, 4) is 6.07 Å². The molecule has 184 valence electrons. The van der Waals surface area contributed by atoms with Gasteiger partial charge < -0.3 is 10.2 Å². The molecule has 1 aliphatic rings. The van der Waals surface area contributed by atoms with Crippen molar-refractivity contribution >= 4 is 32.2 Å². The molecule has 0 spiro atoms. The van der Waals surface area contributed by atoms with Crippen LogP contribution >= 0.6 is 11.3 Å². The first-order chi connectivity index (χ1) is 15.8. The first-order valence-electron chi connectivity index (χ1n) is 9.49. The number of carbonyl (C=O) groups is 1. The Morgan fingerprint density at radius 1 is 1.18 bits per heavy atom. The number of nitrogens with zero attached hydrogens (tertiary/aromatic N) is 4. The summed E-state index contributed by atoms with van der Waals surface area (Å²) in [4.78, 5) is 12.6. The number of anilines is 1. The highest BCUT2D eigenvalue weighted by Crippen LogP contribution is 2.40. The first-order valence-corrected chi connectivity index (χ1v) is 11.8. The molecular formula is C18H15F6N5O3S2. The first kappa shape index (κ1) is 25.7. The maximum absolute atomic E-state index is 13.4. The summed E-state index contributed by atoms with van der Waals surface area (Å²) in [6, 6.07) is 3.94. The van der Waals surface area contributed by atoms with Crippen molar-refractivity contribution in [1.29, 1.82) is 5.26 Å². The number of nitriles is 1. The van der Waals surface area contributed by atoms with E-state index in [0.717, 1.165) is 23.1 Å². The lowest BCUT2D eigenvalue weighted by molar-refractivity contribution is -0.140. The normalized spacial score (nSPS) is 19.1. The number of benzene rings is 1. The molecule has 2 heterocycles. The number of halogens is 6. The molecule has 8 nitrogen and oxygen atoms in total. The molecule has 2 aromatic rings. The molecule has 16 heteroatoms. The van der Waals surface area contributed by atoms with Crippen LogP contribution in [0.3, 0.4) is 0 Å². The lowest BCUT2D eigenvalue weighted by Gasteiger charge is -2.22. The second kappa shape index (κ2) is 9.37. The number of carbonyl (C=O) groups excluding carboxylic acids is 1. The molecule has 0 aliphatic carbocycles. The average molecular weight is 527 g/mol. The Morgan fingerprint density at radius 2 is 1.85 bits per heavy atom. The van der Waals surface area contributed by atoms with E-state index in [4.69, 9.17) is 5.26 Å². The van der Waals surface area contributed by atoms with E-state index in [9.17, 15) is 39.6 Å². The van der Waals surface area contributed by atoms with Crippen LogP contribution in [0.15, 0.2) is 29.2 Å². The third kappa shape index (κ3) is 5.25. The van der Waals surface area contributed by atoms with Crippen LogP contribution in [0, 0.1) is 11.3 Å². The quantitative estimate of drug-likeness (QED) is 0.454. The Bertz CT molecular complexity index is 1210. The molecule has 1 N–H and O–H groups in total. The zero-order chi connectivity index (χ0) is 25.3. The van der Waals surface area contributed by atoms with Gasteiger partial charge in [0, 0.05) is 13.1 Å². The minimum absolute atomic E-state index is 0.0740. The molecule has 1 saturated heterocycles. The monoisotopic (exact) mass is 527 g/mol. The number of aromatic nitrogens is 2. The van der Waals surface area contributed by atoms with Crippen LogP contribution in [0.1, 0.15) is 23.4 Å². The predicted octanol–water partition coefficient (Wildman–Crippen LogP) is 3.03. The van der Waals surface area contributed by atoms with Crippen molar-refractivity contribution in [1.82, 2.24) is 15.5 Å². The molecule has 0 saturated carbocycles. The fraction of sp³-hybridized carbons (Fsp3) is 0.444. The predicted molar refractivity (Wildman–Crippen MR) is 106 cm³/mol. The van der Waals surface area contributed by atoms with Crippen molar-refractivity contribution in [3.05, 3.63) is 34.8 Å². The molecule has 1 aromatic carbocycles. The summed E-state index contributed by atoms with van der Waals surface area (Å²) in [7, 11) is -4.67. The van der Waals surface area contributed by atoms with Gasteiger partial charge in [-0.05, 0) is 18.6 Å². The van der Waals surface area contributed by atoms with Crippen LogP contribution in [0.4, 0.5) is 31.5 Å². The van der Waals surface area contributed by atoms with E-state index >= 15 is 0 Å². The number of amides is 1. The van der Waals surface area contributed by atoms with Gasteiger partial charge in [-0.3, -0.25) is 4.79 Å². The number of hydrogen-bond acceptors (Lipinski definition) is 8. The van der Waals surface area contributed by atoms with Crippen LogP contribution in [0.5, 0.6) is 0 Å². The summed E-state index contributed by atoms with van der Waals surface area (Å²) in [5.74, 6) is -0.805. The molecule has 0 unspecified atom stereocenters. The van der Waals surface area contributed by atoms with Gasteiger partial charge in [0.15, 0.2) is 9.84 Å². The van der Waals surface area contributed by atoms with Crippen molar-refractivity contribution < 1.29 is 39.6 Å². The highest BCUT2D eigenvalue weighted by Gasteiger charge is 2.47. The Morgan fingerprint density at radius 3 is 2.44 bits per heavy atom. The zero-order valence-corrected chi connectivity index (χ0v) is 18.5. The molecule has 0 bridgehead atoms. The van der Waals surface area contributed by atoms with Crippen LogP contribution in [-0.4, -0.2) is 48.9 Å². The maximum atomic E-state index is 13.4. The smallest absolute Gasteiger partial charge is 0.353 e. The minimum atomic E-state index is -4.98. The summed E-state index contributed by atoms with van der Waals surface area (Å²) in [6.07, 6.45) is -10.4. The third-order valence-corrected chi connectivity index (χ3v) is 8.14. The Hall–Kier alpha value is -2.93. The lowest BCUT2D eigenvalue weighted by Crippen LogP contribution is -2.43. The third-order valence-electron chi connectivity index (χ3n) is 4.94. The summed E-state index contributed by atoms with van der Waals surface area (Å²) in [6.45, 7) is -0.699. The van der Waals surface area contributed by atoms with Gasteiger partial charge >= 0.3 is 12.4 Å². The van der Waals surface area contributed by atoms with E-state index in [1.807, 2.05) is 0 Å². The van der Waals surface area contributed by atoms with Crippen molar-refractivity contribution in [2.45, 2.75) is 41.4 Å². The summed E-state index contributed by atoms with van der Waals surface area (Å²) >= 11 is 0.0740. The number of rotatable bonds is 6. The molecule has 1 fully saturated rings. The Balaban J connectivity index is 1.99. The Labute approximate surface area is 193 Å². The van der Waals surface area contributed by atoms with Gasteiger partial charge in [0.1, 0.15) is 6.04 Å². The molecular weight excluding hydrogens is 512 g/mol. The standard InChI is InChI=1S/C18H15F6N5O3S2/c19-17(20,21)11-4-1-2-5-13(11)34(31,32)10-8-12(14(30)26-7-3-6-25)29(9-10)16-28-27-15(33-16)18(22,23)24/h1-2,4-5,10,12H,3,7-9H2,(H,26,30)/t10-,12+/m1/s1. The lowest BCUT2D eigenvalue weighted by atomic mass is 10.2. The van der Waals surface area contributed by atoms with E-state index in [1.54, 1.807) is 6.07 Å². The van der Waals surface area contributed by atoms with Gasteiger partial charge in [0.05, 0.1) is 28.2 Å². The number of hydrogen-bond donors (Lipinski definition) is 1. The summed E-state index contributed by atoms with van der Waals surface area (Å²) < 4.78 is 105. The molecule has 1 aliphatic heterocycles. The molecule has 3 rings (SSSR count). The highest BCUT2D eigenvalue weighted by molar-refractivity contribution is 7.92. The molecule has 34 heavy (non-hydrogen) atoms. The van der Waals surface area contributed by atoms with E-state index in [2.05, 4.69) is 15.5 Å². The summed E-state index contributed by atoms with van der Waals surface area (Å²) in [5.41, 5.74) is -1.39. The topological polar surface area (TPSA) is 116 Å². The molecule has 1 amide bonds. The maximum Gasteiger partial charge on any atom is 0.445 e. The van der Waals surface area contributed by atoms with Crippen LogP contribution in [0.2, 0.25) is 0 Å². The van der Waals surface area contributed by atoms with Crippen LogP contribution in [0.25, 0.3) is 0 Å². The van der Waals surface area contributed by atoms with E-state index in [0.29, 0.717) is 6.07 Å². The van der Waals surface area contributed by atoms with Gasteiger partial charge in [-0.2, -0.15) is 31.6 Å². The van der Waals surface area contributed by atoms with Crippen molar-refractivity contribution in [2.75, 3.05) is 18.0 Å². The number of nitrogens with one attached hydrogen (secondary N) is 1. The van der Waals surface area contributed by atoms with Gasteiger partial charge in [-0.15, -0.1) is 10.2 Å². The molecule has 2 atom stereocenters. The number of alkyl halides is 6. The molecule has 0 radical (unpaired) electrons. The van der Waals surface area contributed by atoms with Gasteiger partial charge in [-0.1, -0.05) is 23.5 Å². The number of sulfone groups is 1. The fourth-order valence-electron chi connectivity index (χ4n) is 3.42. The Kier molecular flexibility index (Phi) is 7.08. The SMILES string of the molecule is N#CCCNC(=O)[C@@H]1C[C@@H](S(=O)(=O)c2ccccc2C(F)(F)F)CN1c1nnc(C(F)(F)F)s1. The van der Waals surface area contributed by atoms with Crippen molar-refractivity contribution in [3.63, 3.8) is 0 Å². The van der Waals surface area contributed by atoms with Gasteiger partial charge in [0.25, 0.3) is 0 Å². The van der Waals surface area contributed by atoms with Gasteiger partial charge in [-0.25, -0.2) is 8.42 Å². The van der Waals surface area contributed by atoms with Crippen LogP contribution < -0.4 is 10.2 Å². The largest absolute Gasteiger partial charge is 0.445 e. The fourth-order valence-corrected chi connectivity index (χ4v) is 6.10. The highest BCUT2D eigenvalue weighted by atomic mass is 32.2. The van der Waals surface area contributed by atoms with Crippen molar-refractivity contribution in [2.24, 2.45) is 0 Å². The van der Waals surface area contributed by atoms with E-state index in [-0.39, 0.29) is 24.3 Å². The second-order valence-corrected chi connectivity index (χ2v) is 10.3. The van der Waals surface area contributed by atoms with E-state index in [1.165, 1.54) is 0 Å². The minimum Gasteiger partial charge on any atom is -0.353 e. The molecule has 1 aromatic heterocycles. The van der Waals surface area contributed by atoms with Crippen LogP contribution in [-0.2, 0) is 27.0 Å². The summed E-state index contributed by atoms with van der Waals surface area (Å²) in [5, 5.41) is 14.1.